The maximum absolute atomic E-state index is 12.0. The molecule has 0 bridgehead atoms. The zero-order valence-electron chi connectivity index (χ0n) is 12.0. The molecule has 0 saturated carbocycles. The standard InChI is InChI=1S/C14H20N2O4S/c1-10-5-6-12(21(15,18)19)9-13(10)16-14(17)8-11-4-2-3-7-20-11/h5-6,9,11H,2-4,7-8H2,1H3,(H,16,17)(H2,15,18,19). The van der Waals surface area contributed by atoms with Crippen LogP contribution in [0.4, 0.5) is 5.69 Å². The molecule has 0 aliphatic carbocycles. The molecule has 21 heavy (non-hydrogen) atoms. The van der Waals surface area contributed by atoms with Gasteiger partial charge in [-0.3, -0.25) is 4.79 Å². The predicted molar refractivity (Wildman–Crippen MR) is 79.4 cm³/mol. The summed E-state index contributed by atoms with van der Waals surface area (Å²) in [5.74, 6) is -0.184. The number of anilines is 1. The quantitative estimate of drug-likeness (QED) is 0.881. The summed E-state index contributed by atoms with van der Waals surface area (Å²) in [6, 6.07) is 4.42. The van der Waals surface area contributed by atoms with Crippen LogP contribution in [0.5, 0.6) is 0 Å². The molecule has 1 amide bonds. The largest absolute Gasteiger partial charge is 0.378 e. The van der Waals surface area contributed by atoms with Gasteiger partial charge in [0.25, 0.3) is 0 Å². The topological polar surface area (TPSA) is 98.5 Å². The highest BCUT2D eigenvalue weighted by Gasteiger charge is 2.18. The number of rotatable bonds is 4. The third kappa shape index (κ3) is 4.52. The van der Waals surface area contributed by atoms with Crippen molar-refractivity contribution in [3.05, 3.63) is 23.8 Å². The minimum absolute atomic E-state index is 0.0164. The number of sulfonamides is 1. The van der Waals surface area contributed by atoms with E-state index in [0.717, 1.165) is 24.8 Å². The van der Waals surface area contributed by atoms with E-state index in [1.165, 1.54) is 12.1 Å². The Labute approximate surface area is 124 Å². The van der Waals surface area contributed by atoms with Crippen molar-refractivity contribution in [2.45, 2.75) is 43.6 Å². The normalized spacial score (nSPS) is 19.2. The second-order valence-corrected chi connectivity index (χ2v) is 6.82. The number of nitrogens with two attached hydrogens (primary N) is 1. The molecule has 1 fully saturated rings. The van der Waals surface area contributed by atoms with Crippen LogP contribution in [0, 0.1) is 6.92 Å². The van der Waals surface area contributed by atoms with Gasteiger partial charge in [-0.2, -0.15) is 0 Å². The summed E-state index contributed by atoms with van der Waals surface area (Å²) in [6.07, 6.45) is 3.20. The van der Waals surface area contributed by atoms with Crippen LogP contribution in [0.2, 0.25) is 0 Å². The van der Waals surface area contributed by atoms with Crippen LogP contribution >= 0.6 is 0 Å². The van der Waals surface area contributed by atoms with Gasteiger partial charge in [-0.25, -0.2) is 13.6 Å². The van der Waals surface area contributed by atoms with Crippen LogP contribution in [-0.4, -0.2) is 27.0 Å². The van der Waals surface area contributed by atoms with E-state index in [1.807, 2.05) is 0 Å². The van der Waals surface area contributed by atoms with Gasteiger partial charge in [0, 0.05) is 12.3 Å². The Morgan fingerprint density at radius 1 is 1.43 bits per heavy atom. The molecule has 1 heterocycles. The number of hydrogen-bond donors (Lipinski definition) is 2. The van der Waals surface area contributed by atoms with Crippen LogP contribution in [0.25, 0.3) is 0 Å². The minimum Gasteiger partial charge on any atom is -0.378 e. The van der Waals surface area contributed by atoms with Crippen LogP contribution in [-0.2, 0) is 19.6 Å². The number of benzene rings is 1. The lowest BCUT2D eigenvalue weighted by molar-refractivity contribution is -0.119. The number of amides is 1. The summed E-state index contributed by atoms with van der Waals surface area (Å²) in [5.41, 5.74) is 1.24. The summed E-state index contributed by atoms with van der Waals surface area (Å²) < 4.78 is 28.2. The Morgan fingerprint density at radius 2 is 2.19 bits per heavy atom. The summed E-state index contributed by atoms with van der Waals surface area (Å²) in [4.78, 5) is 12.0. The van der Waals surface area contributed by atoms with Gasteiger partial charge in [-0.05, 0) is 43.9 Å². The SMILES string of the molecule is Cc1ccc(S(N)(=O)=O)cc1NC(=O)CC1CCCCO1. The van der Waals surface area contributed by atoms with Gasteiger partial charge in [-0.1, -0.05) is 6.07 Å². The highest BCUT2D eigenvalue weighted by molar-refractivity contribution is 7.89. The number of ether oxygens (including phenoxy) is 1. The Balaban J connectivity index is 2.06. The van der Waals surface area contributed by atoms with Crippen molar-refractivity contribution in [3.8, 4) is 0 Å². The number of carbonyl (C=O) groups is 1. The van der Waals surface area contributed by atoms with Crippen molar-refractivity contribution in [1.29, 1.82) is 0 Å². The Kier molecular flexibility index (Phi) is 4.97. The van der Waals surface area contributed by atoms with Gasteiger partial charge >= 0.3 is 0 Å². The van der Waals surface area contributed by atoms with Gasteiger partial charge in [0.1, 0.15) is 0 Å². The van der Waals surface area contributed by atoms with Crippen LogP contribution in [0.1, 0.15) is 31.2 Å². The molecule has 1 aromatic carbocycles. The lowest BCUT2D eigenvalue weighted by atomic mass is 10.1. The van der Waals surface area contributed by atoms with E-state index in [2.05, 4.69) is 5.32 Å². The zero-order valence-corrected chi connectivity index (χ0v) is 12.8. The predicted octanol–water partition coefficient (Wildman–Crippen LogP) is 1.54. The van der Waals surface area contributed by atoms with E-state index >= 15 is 0 Å². The molecule has 116 valence electrons. The Bertz CT molecular complexity index is 622. The van der Waals surface area contributed by atoms with Crippen LogP contribution in [0.15, 0.2) is 23.1 Å². The lowest BCUT2D eigenvalue weighted by Crippen LogP contribution is -2.26. The molecule has 0 radical (unpaired) electrons. The van der Waals surface area contributed by atoms with E-state index in [4.69, 9.17) is 9.88 Å². The fourth-order valence-corrected chi connectivity index (χ4v) is 2.83. The Morgan fingerprint density at radius 3 is 2.81 bits per heavy atom. The van der Waals surface area contributed by atoms with Crippen molar-refractivity contribution in [1.82, 2.24) is 0 Å². The first-order valence-corrected chi connectivity index (χ1v) is 8.46. The summed E-state index contributed by atoms with van der Waals surface area (Å²) >= 11 is 0. The van der Waals surface area contributed by atoms with E-state index in [9.17, 15) is 13.2 Å². The molecular weight excluding hydrogens is 292 g/mol. The number of hydrogen-bond acceptors (Lipinski definition) is 4. The molecule has 1 aromatic rings. The van der Waals surface area contributed by atoms with Crippen LogP contribution < -0.4 is 10.5 Å². The first kappa shape index (κ1) is 15.9. The summed E-state index contributed by atoms with van der Waals surface area (Å²) in [6.45, 7) is 2.48. The molecule has 1 saturated heterocycles. The highest BCUT2D eigenvalue weighted by atomic mass is 32.2. The minimum atomic E-state index is -3.78. The molecule has 7 heteroatoms. The van der Waals surface area contributed by atoms with E-state index in [1.54, 1.807) is 13.0 Å². The van der Waals surface area contributed by atoms with Crippen molar-refractivity contribution in [2.75, 3.05) is 11.9 Å². The molecule has 2 rings (SSSR count). The smallest absolute Gasteiger partial charge is 0.238 e. The van der Waals surface area contributed by atoms with E-state index in [0.29, 0.717) is 12.3 Å². The van der Waals surface area contributed by atoms with Gasteiger partial charge in [-0.15, -0.1) is 0 Å². The third-order valence-corrected chi connectivity index (χ3v) is 4.41. The highest BCUT2D eigenvalue weighted by Crippen LogP contribution is 2.21. The monoisotopic (exact) mass is 312 g/mol. The van der Waals surface area contributed by atoms with Gasteiger partial charge in [0.2, 0.25) is 15.9 Å². The van der Waals surface area contributed by atoms with Crippen molar-refractivity contribution in [3.63, 3.8) is 0 Å². The average Bonchev–Trinajstić information content (AvgIpc) is 2.41. The van der Waals surface area contributed by atoms with Crippen LogP contribution in [0.3, 0.4) is 0 Å². The second kappa shape index (κ2) is 6.55. The first-order chi connectivity index (χ1) is 9.86. The Hall–Kier alpha value is -1.44. The maximum atomic E-state index is 12.0. The van der Waals surface area contributed by atoms with Crippen molar-refractivity contribution >= 4 is 21.6 Å². The first-order valence-electron chi connectivity index (χ1n) is 6.91. The number of primary sulfonamides is 1. The molecule has 0 aromatic heterocycles. The molecule has 1 atom stereocenters. The average molecular weight is 312 g/mol. The fraction of sp³-hybridized carbons (Fsp3) is 0.500. The van der Waals surface area contributed by atoms with Gasteiger partial charge < -0.3 is 10.1 Å². The zero-order chi connectivity index (χ0) is 15.5. The second-order valence-electron chi connectivity index (χ2n) is 5.26. The molecule has 0 spiro atoms. The number of carbonyl (C=O) groups excluding carboxylic acids is 1. The molecular formula is C14H20N2O4S. The number of nitrogens with one attached hydrogen (secondary N) is 1. The molecule has 1 aliphatic heterocycles. The fourth-order valence-electron chi connectivity index (χ4n) is 2.29. The van der Waals surface area contributed by atoms with E-state index < -0.39 is 10.0 Å². The molecule has 1 unspecified atom stereocenters. The van der Waals surface area contributed by atoms with Crippen molar-refractivity contribution < 1.29 is 17.9 Å². The third-order valence-electron chi connectivity index (χ3n) is 3.50. The van der Waals surface area contributed by atoms with Crippen molar-refractivity contribution in [2.24, 2.45) is 5.14 Å². The number of aryl methyl sites for hydroxylation is 1. The summed E-state index contributed by atoms with van der Waals surface area (Å²) in [7, 11) is -3.78. The van der Waals surface area contributed by atoms with Gasteiger partial charge in [0.05, 0.1) is 17.4 Å². The molecule has 6 nitrogen and oxygen atoms in total. The molecule has 1 aliphatic rings. The van der Waals surface area contributed by atoms with Gasteiger partial charge in [0.15, 0.2) is 0 Å². The molecule has 3 N–H and O–H groups in total. The van der Waals surface area contributed by atoms with E-state index in [-0.39, 0.29) is 23.3 Å². The summed E-state index contributed by atoms with van der Waals surface area (Å²) in [5, 5.41) is 7.83. The maximum Gasteiger partial charge on any atom is 0.238 e. The lowest BCUT2D eigenvalue weighted by Gasteiger charge is -2.22.